The van der Waals surface area contributed by atoms with E-state index in [1.807, 2.05) is 0 Å². The third-order valence-corrected chi connectivity index (χ3v) is 1.80. The highest BCUT2D eigenvalue weighted by molar-refractivity contribution is 6.38. The number of Topliss-reactive ketones (excluding diaryl/α,β-unsaturated/α-hetero) is 2. The van der Waals surface area contributed by atoms with Crippen LogP contribution in [-0.4, -0.2) is 68.1 Å². The number of aliphatic hydroxyl groups excluding tert-OH is 5. The van der Waals surface area contributed by atoms with Crippen LogP contribution in [0.2, 0.25) is 0 Å². The molecule has 7 heteroatoms. The quantitative estimate of drug-likeness (QED) is 0.296. The molecule has 0 bridgehead atoms. The average Bonchev–Trinajstić information content (AvgIpc) is 2.32. The molecule has 0 aromatic carbocycles. The van der Waals surface area contributed by atoms with Crippen molar-refractivity contribution in [2.24, 2.45) is 0 Å². The van der Waals surface area contributed by atoms with Crippen molar-refractivity contribution in [3.8, 4) is 0 Å². The molecule has 0 heterocycles. The van der Waals surface area contributed by atoms with Gasteiger partial charge in [-0.05, 0) is 0 Å². The minimum Gasteiger partial charge on any atom is -0.394 e. The van der Waals surface area contributed by atoms with Gasteiger partial charge in [0.15, 0.2) is 5.78 Å². The number of rotatable bonds is 6. The third kappa shape index (κ3) is 3.65. The van der Waals surface area contributed by atoms with Gasteiger partial charge in [0, 0.05) is 8.27 Å². The first-order chi connectivity index (χ1) is 7.36. The van der Waals surface area contributed by atoms with Gasteiger partial charge in [0.05, 0.1) is 6.61 Å². The van der Waals surface area contributed by atoms with E-state index in [4.69, 9.17) is 21.8 Å². The summed E-state index contributed by atoms with van der Waals surface area (Å²) in [4.78, 5) is 21.7. The number of ketones is 2. The first-order valence-electron chi connectivity index (χ1n) is 4.76. The fourth-order valence-electron chi connectivity index (χ4n) is 0.842. The van der Waals surface area contributed by atoms with Crippen molar-refractivity contribution >= 4 is 11.6 Å². The molecule has 0 aromatic heterocycles. The Morgan fingerprint density at radius 3 is 2.13 bits per heavy atom. The summed E-state index contributed by atoms with van der Waals surface area (Å²) in [5, 5.41) is 44.8. The molecule has 0 aliphatic rings. The summed E-state index contributed by atoms with van der Waals surface area (Å²) in [5.74, 6) is -2.65. The lowest BCUT2D eigenvalue weighted by atomic mass is 9.99. The predicted molar refractivity (Wildman–Crippen MR) is 46.8 cm³/mol. The Bertz CT molecular complexity index is 257. The van der Waals surface area contributed by atoms with E-state index in [9.17, 15) is 14.7 Å². The van der Waals surface area contributed by atoms with Gasteiger partial charge in [-0.2, -0.15) is 0 Å². The zero-order chi connectivity index (χ0) is 12.9. The lowest BCUT2D eigenvalue weighted by Gasteiger charge is -2.24. The maximum Gasteiger partial charge on any atom is 0.229 e. The highest BCUT2D eigenvalue weighted by Gasteiger charge is 2.35. The Morgan fingerprint density at radius 2 is 1.73 bits per heavy atom. The summed E-state index contributed by atoms with van der Waals surface area (Å²) in [6.45, 7) is -1.77. The summed E-state index contributed by atoms with van der Waals surface area (Å²) in [6, 6.07) is 0. The van der Waals surface area contributed by atoms with Gasteiger partial charge in [-0.3, -0.25) is 9.59 Å². The van der Waals surface area contributed by atoms with E-state index in [-0.39, 0.29) is 0 Å². The van der Waals surface area contributed by atoms with Gasteiger partial charge in [0.25, 0.3) is 0 Å². The Hall–Kier alpha value is -0.860. The van der Waals surface area contributed by atoms with Crippen molar-refractivity contribution in [3.05, 3.63) is 0 Å². The molecule has 0 aromatic rings. The lowest BCUT2D eigenvalue weighted by molar-refractivity contribution is -0.153. The minimum atomic E-state index is -2.23. The summed E-state index contributed by atoms with van der Waals surface area (Å²) in [7, 11) is 0. The minimum absolute atomic E-state index is 0.883. The van der Waals surface area contributed by atoms with Crippen molar-refractivity contribution in [2.45, 2.75) is 31.3 Å². The van der Waals surface area contributed by atoms with E-state index in [0.717, 1.165) is 0 Å². The van der Waals surface area contributed by atoms with Crippen LogP contribution >= 0.6 is 0 Å². The second-order valence-corrected chi connectivity index (χ2v) is 2.96. The smallest absolute Gasteiger partial charge is 0.229 e. The summed E-state index contributed by atoms with van der Waals surface area (Å²) >= 11 is 0. The molecule has 0 spiro atoms. The molecule has 0 radical (unpaired) electrons. The molecule has 0 aliphatic heterocycles. The molecule has 0 aliphatic carbocycles. The van der Waals surface area contributed by atoms with Crippen molar-refractivity contribution in [3.63, 3.8) is 0 Å². The van der Waals surface area contributed by atoms with Gasteiger partial charge in [-0.1, -0.05) is 0 Å². The van der Waals surface area contributed by atoms with Gasteiger partial charge in [0.2, 0.25) is 5.78 Å². The van der Waals surface area contributed by atoms with Crippen LogP contribution < -0.4 is 0 Å². The molecule has 0 unspecified atom stereocenters. The highest BCUT2D eigenvalue weighted by atomic mass is 16.4. The Balaban J connectivity index is 4.54. The molecule has 0 saturated heterocycles. The van der Waals surface area contributed by atoms with E-state index in [1.165, 1.54) is 0 Å². The van der Waals surface area contributed by atoms with Gasteiger partial charge in [-0.15, -0.1) is 0 Å². The summed E-state index contributed by atoms with van der Waals surface area (Å²) in [6.07, 6.45) is -8.05. The largest absolute Gasteiger partial charge is 0.394 e. The fourth-order valence-corrected chi connectivity index (χ4v) is 0.842. The lowest BCUT2D eigenvalue weighted by Crippen LogP contribution is -2.49. The molecule has 4 atom stereocenters. The van der Waals surface area contributed by atoms with E-state index >= 15 is 0 Å². The molecule has 15 heavy (non-hydrogen) atoms. The van der Waals surface area contributed by atoms with Gasteiger partial charge < -0.3 is 25.5 Å². The van der Waals surface area contributed by atoms with Crippen LogP contribution in [-0.2, 0) is 9.59 Å². The van der Waals surface area contributed by atoms with Crippen LogP contribution in [0.4, 0.5) is 0 Å². The van der Waals surface area contributed by atoms with E-state index in [0.29, 0.717) is 0 Å². The van der Waals surface area contributed by atoms with Crippen molar-refractivity contribution < 1.29 is 36.5 Å². The molecular formula is C8H14O7. The SMILES string of the molecule is [2H]CC(=O)C(=O)[C@H](O)[C@@H](O)[C@H](O)[C@H](O)CO. The van der Waals surface area contributed by atoms with E-state index < -0.39 is 49.5 Å². The topological polar surface area (TPSA) is 135 Å². The van der Waals surface area contributed by atoms with Gasteiger partial charge >= 0.3 is 0 Å². The van der Waals surface area contributed by atoms with E-state index in [2.05, 4.69) is 0 Å². The average molecular weight is 223 g/mol. The number of hydrogen-bond acceptors (Lipinski definition) is 7. The third-order valence-electron chi connectivity index (χ3n) is 1.80. The maximum atomic E-state index is 11.0. The number of carbonyl (C=O) groups is 2. The van der Waals surface area contributed by atoms with Crippen LogP contribution in [0.1, 0.15) is 8.27 Å². The zero-order valence-corrected chi connectivity index (χ0v) is 7.78. The molecule has 0 saturated carbocycles. The molecule has 0 amide bonds. The van der Waals surface area contributed by atoms with Crippen LogP contribution in [0, 0.1) is 0 Å². The summed E-state index contributed by atoms with van der Waals surface area (Å²) < 4.78 is 6.59. The second kappa shape index (κ2) is 5.89. The maximum absolute atomic E-state index is 11.0. The van der Waals surface area contributed by atoms with Crippen LogP contribution in [0.3, 0.4) is 0 Å². The standard InChI is InChI=1S/C8H14O7/c1-3(10)5(12)7(14)8(15)6(13)4(11)2-9/h4,6-9,11,13-15H,2H2,1H3/t4-,6-,7+,8+/m1/s1/i1D. The Kier molecular flexibility index (Phi) is 4.79. The number of aliphatic hydroxyl groups is 5. The predicted octanol–water partition coefficient (Wildman–Crippen LogP) is -3.42. The van der Waals surface area contributed by atoms with Crippen LogP contribution in [0.15, 0.2) is 0 Å². The first kappa shape index (κ1) is 12.2. The number of hydrogen-bond donors (Lipinski definition) is 5. The Morgan fingerprint density at radius 1 is 1.20 bits per heavy atom. The monoisotopic (exact) mass is 223 g/mol. The Labute approximate surface area is 87.0 Å². The molecule has 0 rings (SSSR count). The van der Waals surface area contributed by atoms with Crippen molar-refractivity contribution in [1.29, 1.82) is 0 Å². The normalized spacial score (nSPS) is 19.9. The fraction of sp³-hybridized carbons (Fsp3) is 0.750. The zero-order valence-electron chi connectivity index (χ0n) is 8.78. The highest BCUT2D eigenvalue weighted by Crippen LogP contribution is 2.06. The van der Waals surface area contributed by atoms with E-state index in [1.54, 1.807) is 0 Å². The summed E-state index contributed by atoms with van der Waals surface area (Å²) in [5.41, 5.74) is 0. The van der Waals surface area contributed by atoms with Crippen LogP contribution in [0.25, 0.3) is 0 Å². The molecule has 5 N–H and O–H groups in total. The van der Waals surface area contributed by atoms with Gasteiger partial charge in [0.1, 0.15) is 24.4 Å². The molecular weight excluding hydrogens is 208 g/mol. The molecule has 88 valence electrons. The van der Waals surface area contributed by atoms with Crippen LogP contribution in [0.5, 0.6) is 0 Å². The van der Waals surface area contributed by atoms with Crippen molar-refractivity contribution in [2.75, 3.05) is 6.61 Å². The second-order valence-electron chi connectivity index (χ2n) is 2.96. The molecule has 0 fully saturated rings. The van der Waals surface area contributed by atoms with Crippen molar-refractivity contribution in [1.82, 2.24) is 0 Å². The first-order valence-corrected chi connectivity index (χ1v) is 4.06. The van der Waals surface area contributed by atoms with Gasteiger partial charge in [-0.25, -0.2) is 0 Å². The molecule has 7 nitrogen and oxygen atoms in total. The number of carbonyl (C=O) groups excluding carboxylic acids is 2.